The lowest BCUT2D eigenvalue weighted by Gasteiger charge is -2.36. The fraction of sp³-hybridized carbons (Fsp3) is 0.478. The molecule has 176 valence electrons. The van der Waals surface area contributed by atoms with Gasteiger partial charge in [-0.2, -0.15) is 5.10 Å². The summed E-state index contributed by atoms with van der Waals surface area (Å²) in [6.45, 7) is 7.22. The van der Waals surface area contributed by atoms with E-state index < -0.39 is 18.0 Å². The van der Waals surface area contributed by atoms with Crippen LogP contribution in [0.4, 0.5) is 20.3 Å². The van der Waals surface area contributed by atoms with Crippen molar-refractivity contribution in [2.75, 3.05) is 49.5 Å². The Balaban J connectivity index is 1.37. The summed E-state index contributed by atoms with van der Waals surface area (Å²) in [5, 5.41) is 18.2. The van der Waals surface area contributed by atoms with E-state index in [2.05, 4.69) is 22.2 Å². The molecule has 1 aromatic carbocycles. The van der Waals surface area contributed by atoms with Gasteiger partial charge >= 0.3 is 0 Å². The Morgan fingerprint density at radius 3 is 2.76 bits per heavy atom. The van der Waals surface area contributed by atoms with Crippen LogP contribution < -0.4 is 10.2 Å². The van der Waals surface area contributed by atoms with E-state index in [1.165, 1.54) is 12.1 Å². The number of halogens is 2. The molecule has 0 amide bonds. The summed E-state index contributed by atoms with van der Waals surface area (Å²) in [4.78, 5) is 11.1. The summed E-state index contributed by atoms with van der Waals surface area (Å²) in [6, 6.07) is 5.14. The number of benzene rings is 1. The normalized spacial score (nSPS) is 21.1. The number of likely N-dealkylation sites (N-methyl/N-ethyl adjacent to an activating group) is 1. The van der Waals surface area contributed by atoms with Crippen LogP contribution in [-0.4, -0.2) is 75.1 Å². The van der Waals surface area contributed by atoms with Crippen molar-refractivity contribution in [3.8, 4) is 0 Å². The molecule has 2 atom stereocenters. The van der Waals surface area contributed by atoms with Crippen LogP contribution >= 0.6 is 0 Å². The molecule has 0 bridgehead atoms. The summed E-state index contributed by atoms with van der Waals surface area (Å²) < 4.78 is 29.9. The number of piperazine rings is 1. The van der Waals surface area contributed by atoms with Crippen LogP contribution in [0.5, 0.6) is 0 Å². The number of aliphatic hydroxyl groups excluding tert-OH is 1. The van der Waals surface area contributed by atoms with Gasteiger partial charge in [-0.3, -0.25) is 4.90 Å². The minimum absolute atomic E-state index is 0.282. The molecule has 4 heterocycles. The molecule has 0 spiro atoms. The maximum absolute atomic E-state index is 14.5. The molecule has 33 heavy (non-hydrogen) atoms. The zero-order valence-corrected chi connectivity index (χ0v) is 18.7. The number of nitrogens with zero attached hydrogens (tertiary/aromatic N) is 6. The molecule has 5 rings (SSSR count). The van der Waals surface area contributed by atoms with Crippen molar-refractivity contribution in [2.24, 2.45) is 0 Å². The average Bonchev–Trinajstić information content (AvgIpc) is 3.48. The molecule has 0 radical (unpaired) electrons. The number of nitrogens with one attached hydrogen (secondary N) is 1. The number of aromatic nitrogens is 3. The third-order valence-electron chi connectivity index (χ3n) is 6.70. The third-order valence-corrected chi connectivity index (χ3v) is 6.70. The molecule has 2 unspecified atom stereocenters. The van der Waals surface area contributed by atoms with Crippen LogP contribution in [0.25, 0.3) is 5.65 Å². The van der Waals surface area contributed by atoms with E-state index in [0.29, 0.717) is 29.3 Å². The molecule has 2 aliphatic heterocycles. The van der Waals surface area contributed by atoms with Gasteiger partial charge in [0, 0.05) is 44.5 Å². The molecule has 8 nitrogen and oxygen atoms in total. The molecule has 10 heteroatoms. The van der Waals surface area contributed by atoms with Gasteiger partial charge in [0.25, 0.3) is 0 Å². The lowest BCUT2D eigenvalue weighted by molar-refractivity contribution is -0.00562. The first-order chi connectivity index (χ1) is 16.0. The Labute approximate surface area is 191 Å². The SMILES string of the molecule is CCN1CCN(C(O)Nc2cnn3ccc(N4CCCC4c4cc(F)ccc4F)nc23)CC1. The van der Waals surface area contributed by atoms with Gasteiger partial charge in [0.1, 0.15) is 23.1 Å². The Morgan fingerprint density at radius 2 is 1.97 bits per heavy atom. The topological polar surface area (TPSA) is 72.2 Å². The zero-order valence-electron chi connectivity index (χ0n) is 18.7. The van der Waals surface area contributed by atoms with E-state index in [1.54, 1.807) is 16.9 Å². The zero-order chi connectivity index (χ0) is 22.9. The second-order valence-electron chi connectivity index (χ2n) is 8.62. The maximum atomic E-state index is 14.5. The first-order valence-electron chi connectivity index (χ1n) is 11.5. The van der Waals surface area contributed by atoms with Crippen molar-refractivity contribution in [3.05, 3.63) is 53.9 Å². The summed E-state index contributed by atoms with van der Waals surface area (Å²) >= 11 is 0. The lowest BCUT2D eigenvalue weighted by atomic mass is 10.0. The number of fused-ring (bicyclic) bond motifs is 1. The van der Waals surface area contributed by atoms with Crippen molar-refractivity contribution in [3.63, 3.8) is 0 Å². The van der Waals surface area contributed by atoms with Gasteiger partial charge in [-0.25, -0.2) is 18.3 Å². The monoisotopic (exact) mass is 457 g/mol. The fourth-order valence-corrected chi connectivity index (χ4v) is 4.81. The van der Waals surface area contributed by atoms with Gasteiger partial charge in [0.05, 0.1) is 12.2 Å². The van der Waals surface area contributed by atoms with Gasteiger partial charge in [0.15, 0.2) is 12.0 Å². The molecule has 2 aliphatic rings. The Morgan fingerprint density at radius 1 is 1.15 bits per heavy atom. The predicted octanol–water partition coefficient (Wildman–Crippen LogP) is 2.67. The number of anilines is 2. The summed E-state index contributed by atoms with van der Waals surface area (Å²) in [6.07, 6.45) is 4.18. The Kier molecular flexibility index (Phi) is 6.13. The molecule has 2 aromatic heterocycles. The number of aliphatic hydroxyl groups is 1. The number of hydrogen-bond acceptors (Lipinski definition) is 7. The van der Waals surface area contributed by atoms with E-state index >= 15 is 0 Å². The van der Waals surface area contributed by atoms with Gasteiger partial charge < -0.3 is 20.2 Å². The highest BCUT2D eigenvalue weighted by molar-refractivity contribution is 5.68. The fourth-order valence-electron chi connectivity index (χ4n) is 4.81. The van der Waals surface area contributed by atoms with E-state index in [0.717, 1.165) is 51.6 Å². The van der Waals surface area contributed by atoms with Crippen molar-refractivity contribution in [2.45, 2.75) is 32.2 Å². The second kappa shape index (κ2) is 9.20. The van der Waals surface area contributed by atoms with E-state index in [-0.39, 0.29) is 6.04 Å². The van der Waals surface area contributed by atoms with Crippen molar-refractivity contribution >= 4 is 17.2 Å². The molecule has 3 aromatic rings. The standard InChI is InChI=1S/C23H29F2N7O/c1-2-29-10-12-30(13-11-29)23(33)27-19-15-26-32-9-7-21(28-22(19)32)31-8-3-4-20(31)17-14-16(24)5-6-18(17)25/h5-7,9,14-15,20,23,27,33H,2-4,8,10-13H2,1H3. The quantitative estimate of drug-likeness (QED) is 0.552. The lowest BCUT2D eigenvalue weighted by Crippen LogP contribution is -2.52. The average molecular weight is 458 g/mol. The number of rotatable bonds is 6. The smallest absolute Gasteiger partial charge is 0.184 e. The minimum atomic E-state index is -0.844. The predicted molar refractivity (Wildman–Crippen MR) is 122 cm³/mol. The largest absolute Gasteiger partial charge is 0.361 e. The molecule has 0 saturated carbocycles. The van der Waals surface area contributed by atoms with Crippen LogP contribution in [-0.2, 0) is 0 Å². The summed E-state index contributed by atoms with van der Waals surface area (Å²) in [7, 11) is 0. The molecular weight excluding hydrogens is 428 g/mol. The Bertz CT molecular complexity index is 1120. The van der Waals surface area contributed by atoms with E-state index in [4.69, 9.17) is 4.98 Å². The highest BCUT2D eigenvalue weighted by Gasteiger charge is 2.30. The highest BCUT2D eigenvalue weighted by atomic mass is 19.1. The van der Waals surface area contributed by atoms with Crippen molar-refractivity contribution in [1.82, 2.24) is 24.4 Å². The van der Waals surface area contributed by atoms with Crippen LogP contribution in [0.1, 0.15) is 31.4 Å². The Hall–Kier alpha value is -2.82. The molecule has 2 saturated heterocycles. The van der Waals surface area contributed by atoms with Crippen molar-refractivity contribution in [1.29, 1.82) is 0 Å². The van der Waals surface area contributed by atoms with Gasteiger partial charge in [0.2, 0.25) is 0 Å². The van der Waals surface area contributed by atoms with Gasteiger partial charge in [-0.15, -0.1) is 0 Å². The van der Waals surface area contributed by atoms with Gasteiger partial charge in [-0.1, -0.05) is 6.92 Å². The van der Waals surface area contributed by atoms with Gasteiger partial charge in [-0.05, 0) is 43.7 Å². The summed E-state index contributed by atoms with van der Waals surface area (Å²) in [5.74, 6) is -0.187. The second-order valence-corrected chi connectivity index (χ2v) is 8.62. The third kappa shape index (κ3) is 4.38. The van der Waals surface area contributed by atoms with Crippen LogP contribution in [0.15, 0.2) is 36.7 Å². The highest BCUT2D eigenvalue weighted by Crippen LogP contribution is 2.37. The van der Waals surface area contributed by atoms with Crippen LogP contribution in [0.3, 0.4) is 0 Å². The first kappa shape index (κ1) is 22.0. The molecular formula is C23H29F2N7O. The van der Waals surface area contributed by atoms with E-state index in [9.17, 15) is 13.9 Å². The first-order valence-corrected chi connectivity index (χ1v) is 11.5. The minimum Gasteiger partial charge on any atom is -0.361 e. The maximum Gasteiger partial charge on any atom is 0.184 e. The van der Waals surface area contributed by atoms with E-state index in [1.807, 2.05) is 15.9 Å². The number of hydrogen-bond donors (Lipinski definition) is 2. The molecule has 0 aliphatic carbocycles. The molecule has 2 fully saturated rings. The molecule has 2 N–H and O–H groups in total. The van der Waals surface area contributed by atoms with Crippen LogP contribution in [0.2, 0.25) is 0 Å². The summed E-state index contributed by atoms with van der Waals surface area (Å²) in [5.41, 5.74) is 1.54. The van der Waals surface area contributed by atoms with Crippen LogP contribution in [0, 0.1) is 11.6 Å². The van der Waals surface area contributed by atoms with Crippen molar-refractivity contribution < 1.29 is 13.9 Å².